The van der Waals surface area contributed by atoms with E-state index in [1.165, 1.54) is 6.07 Å². The predicted molar refractivity (Wildman–Crippen MR) is 100 cm³/mol. The fourth-order valence-corrected chi connectivity index (χ4v) is 3.63. The summed E-state index contributed by atoms with van der Waals surface area (Å²) in [6, 6.07) is 10.7. The minimum absolute atomic E-state index is 0.0347. The SMILES string of the molecule is CCc1ccc(-c2cc(C3(OC=O)CCC3)cc(Cl)c2OCC(F)(F)F)cc1. The summed E-state index contributed by atoms with van der Waals surface area (Å²) >= 11 is 6.32. The van der Waals surface area contributed by atoms with Crippen LogP contribution in [0, 0.1) is 0 Å². The first-order chi connectivity index (χ1) is 13.3. The minimum Gasteiger partial charge on any atom is -0.482 e. The summed E-state index contributed by atoms with van der Waals surface area (Å²) in [7, 11) is 0. The van der Waals surface area contributed by atoms with Crippen LogP contribution in [0.5, 0.6) is 5.75 Å². The standard InChI is InChI=1S/C21H20ClF3O3/c1-2-14-4-6-15(7-5-14)17-10-16(20(28-13-26)8-3-9-20)11-18(22)19(17)27-12-21(23,24)25/h4-7,10-11,13H,2-3,8-9,12H2,1H3. The van der Waals surface area contributed by atoms with Crippen molar-refractivity contribution < 1.29 is 27.4 Å². The maximum Gasteiger partial charge on any atom is 0.422 e. The van der Waals surface area contributed by atoms with E-state index < -0.39 is 18.4 Å². The summed E-state index contributed by atoms with van der Waals surface area (Å²) in [6.07, 6.45) is -1.48. The van der Waals surface area contributed by atoms with Gasteiger partial charge in [-0.1, -0.05) is 42.8 Å². The molecule has 0 aromatic heterocycles. The van der Waals surface area contributed by atoms with Gasteiger partial charge in [-0.25, -0.2) is 0 Å². The Balaban J connectivity index is 2.09. The average molecular weight is 413 g/mol. The highest BCUT2D eigenvalue weighted by Crippen LogP contribution is 2.48. The second-order valence-electron chi connectivity index (χ2n) is 6.85. The molecule has 0 heterocycles. The van der Waals surface area contributed by atoms with Gasteiger partial charge in [-0.2, -0.15) is 13.2 Å². The van der Waals surface area contributed by atoms with Crippen LogP contribution in [0.1, 0.15) is 37.3 Å². The van der Waals surface area contributed by atoms with Gasteiger partial charge in [-0.15, -0.1) is 0 Å². The number of benzene rings is 2. The highest BCUT2D eigenvalue weighted by atomic mass is 35.5. The van der Waals surface area contributed by atoms with E-state index in [1.54, 1.807) is 6.07 Å². The normalized spacial score (nSPS) is 15.6. The van der Waals surface area contributed by atoms with Gasteiger partial charge >= 0.3 is 6.18 Å². The number of rotatable bonds is 7. The molecule has 1 fully saturated rings. The largest absolute Gasteiger partial charge is 0.482 e. The van der Waals surface area contributed by atoms with E-state index in [0.717, 1.165) is 18.4 Å². The van der Waals surface area contributed by atoms with Crippen LogP contribution in [0.3, 0.4) is 0 Å². The van der Waals surface area contributed by atoms with Crippen LogP contribution in [-0.4, -0.2) is 19.3 Å². The molecule has 0 spiro atoms. The number of alkyl halides is 3. The number of halogens is 4. The molecule has 0 N–H and O–H groups in total. The van der Waals surface area contributed by atoms with Gasteiger partial charge in [0, 0.05) is 5.56 Å². The van der Waals surface area contributed by atoms with Crippen LogP contribution in [0.4, 0.5) is 13.2 Å². The summed E-state index contributed by atoms with van der Waals surface area (Å²) in [4.78, 5) is 11.0. The van der Waals surface area contributed by atoms with Gasteiger partial charge in [0.1, 0.15) is 11.4 Å². The molecular weight excluding hydrogens is 393 g/mol. The van der Waals surface area contributed by atoms with Crippen LogP contribution in [-0.2, 0) is 21.6 Å². The molecule has 0 atom stereocenters. The van der Waals surface area contributed by atoms with E-state index in [-0.39, 0.29) is 10.8 Å². The van der Waals surface area contributed by atoms with Crippen molar-refractivity contribution in [3.63, 3.8) is 0 Å². The second-order valence-corrected chi connectivity index (χ2v) is 7.26. The molecule has 0 unspecified atom stereocenters. The fraction of sp³-hybridized carbons (Fsp3) is 0.381. The molecule has 1 saturated carbocycles. The molecular formula is C21H20ClF3O3. The molecule has 150 valence electrons. The number of aryl methyl sites for hydroxylation is 1. The molecule has 2 aromatic rings. The van der Waals surface area contributed by atoms with Crippen LogP contribution in [0.2, 0.25) is 5.02 Å². The van der Waals surface area contributed by atoms with E-state index in [4.69, 9.17) is 21.1 Å². The van der Waals surface area contributed by atoms with Gasteiger partial charge < -0.3 is 9.47 Å². The zero-order valence-electron chi connectivity index (χ0n) is 15.3. The molecule has 3 rings (SSSR count). The van der Waals surface area contributed by atoms with Crippen molar-refractivity contribution in [2.75, 3.05) is 6.61 Å². The topological polar surface area (TPSA) is 35.5 Å². The third-order valence-electron chi connectivity index (χ3n) is 5.06. The molecule has 28 heavy (non-hydrogen) atoms. The van der Waals surface area contributed by atoms with Gasteiger partial charge in [0.25, 0.3) is 6.47 Å². The molecule has 0 radical (unpaired) electrons. The molecule has 0 saturated heterocycles. The number of carbonyl (C=O) groups is 1. The molecule has 1 aliphatic rings. The van der Waals surface area contributed by atoms with Crippen LogP contribution in [0.15, 0.2) is 36.4 Å². The summed E-state index contributed by atoms with van der Waals surface area (Å²) in [5, 5.41) is 0.0529. The quantitative estimate of drug-likeness (QED) is 0.518. The van der Waals surface area contributed by atoms with Crippen molar-refractivity contribution in [3.05, 3.63) is 52.5 Å². The first-order valence-corrected chi connectivity index (χ1v) is 9.40. The lowest BCUT2D eigenvalue weighted by Gasteiger charge is -2.40. The lowest BCUT2D eigenvalue weighted by molar-refractivity contribution is -0.155. The third-order valence-corrected chi connectivity index (χ3v) is 5.34. The van der Waals surface area contributed by atoms with Gasteiger partial charge in [-0.05, 0) is 54.5 Å². The zero-order valence-corrected chi connectivity index (χ0v) is 16.1. The van der Waals surface area contributed by atoms with Crippen LogP contribution >= 0.6 is 11.6 Å². The Kier molecular flexibility index (Phi) is 5.89. The summed E-state index contributed by atoms with van der Waals surface area (Å²) in [5.41, 5.74) is 2.09. The third kappa shape index (κ3) is 4.27. The average Bonchev–Trinajstić information content (AvgIpc) is 2.62. The zero-order chi connectivity index (χ0) is 20.4. The van der Waals surface area contributed by atoms with Gasteiger partial charge in [0.2, 0.25) is 0 Å². The molecule has 0 aliphatic heterocycles. The van der Waals surface area contributed by atoms with E-state index in [2.05, 4.69) is 0 Å². The van der Waals surface area contributed by atoms with Crippen molar-refractivity contribution in [2.24, 2.45) is 0 Å². The van der Waals surface area contributed by atoms with Gasteiger partial charge in [0.15, 0.2) is 6.61 Å². The highest BCUT2D eigenvalue weighted by molar-refractivity contribution is 6.32. The number of carbonyl (C=O) groups excluding carboxylic acids is 1. The number of hydrogen-bond acceptors (Lipinski definition) is 3. The lowest BCUT2D eigenvalue weighted by Crippen LogP contribution is -2.37. The van der Waals surface area contributed by atoms with E-state index in [9.17, 15) is 18.0 Å². The second kappa shape index (κ2) is 8.03. The molecule has 1 aliphatic carbocycles. The highest BCUT2D eigenvalue weighted by Gasteiger charge is 2.42. The molecule has 0 bridgehead atoms. The maximum atomic E-state index is 12.7. The lowest BCUT2D eigenvalue weighted by atomic mass is 9.74. The predicted octanol–water partition coefficient (Wildman–Crippen LogP) is 6.06. The minimum atomic E-state index is -4.48. The smallest absolute Gasteiger partial charge is 0.422 e. The first-order valence-electron chi connectivity index (χ1n) is 9.02. The number of hydrogen-bond donors (Lipinski definition) is 0. The monoisotopic (exact) mass is 412 g/mol. The van der Waals surface area contributed by atoms with Gasteiger partial charge in [0.05, 0.1) is 5.02 Å². The van der Waals surface area contributed by atoms with E-state index in [1.807, 2.05) is 31.2 Å². The number of ether oxygens (including phenoxy) is 2. The Morgan fingerprint density at radius 1 is 1.18 bits per heavy atom. The van der Waals surface area contributed by atoms with Crippen molar-refractivity contribution in [1.29, 1.82) is 0 Å². The van der Waals surface area contributed by atoms with Crippen molar-refractivity contribution >= 4 is 18.1 Å². The molecule has 7 heteroatoms. The van der Waals surface area contributed by atoms with Crippen molar-refractivity contribution in [2.45, 2.75) is 44.4 Å². The maximum absolute atomic E-state index is 12.7. The Labute approximate surface area is 166 Å². The van der Waals surface area contributed by atoms with Crippen LogP contribution in [0.25, 0.3) is 11.1 Å². The van der Waals surface area contributed by atoms with Crippen molar-refractivity contribution in [1.82, 2.24) is 0 Å². The fourth-order valence-electron chi connectivity index (χ4n) is 3.36. The summed E-state index contributed by atoms with van der Waals surface area (Å²) in [5.74, 6) is -0.0347. The van der Waals surface area contributed by atoms with E-state index >= 15 is 0 Å². The molecule has 3 nitrogen and oxygen atoms in total. The Morgan fingerprint density at radius 3 is 2.36 bits per heavy atom. The first kappa shape index (κ1) is 20.5. The molecule has 0 amide bonds. The molecule has 2 aromatic carbocycles. The Morgan fingerprint density at radius 2 is 1.86 bits per heavy atom. The van der Waals surface area contributed by atoms with Crippen LogP contribution < -0.4 is 4.74 Å². The Bertz CT molecular complexity index is 843. The summed E-state index contributed by atoms with van der Waals surface area (Å²) in [6.45, 7) is 0.973. The van der Waals surface area contributed by atoms with E-state index in [0.29, 0.717) is 36.0 Å². The van der Waals surface area contributed by atoms with Crippen molar-refractivity contribution in [3.8, 4) is 16.9 Å². The summed E-state index contributed by atoms with van der Waals surface area (Å²) < 4.78 is 48.5. The Hall–Kier alpha value is -2.21. The van der Waals surface area contributed by atoms with Gasteiger partial charge in [-0.3, -0.25) is 4.79 Å².